The van der Waals surface area contributed by atoms with Crippen LogP contribution in [0.15, 0.2) is 36.5 Å². The average molecular weight is 283 g/mol. The Kier molecular flexibility index (Phi) is 3.76. The monoisotopic (exact) mass is 283 g/mol. The molecular weight excluding hydrogens is 265 g/mol. The summed E-state index contributed by atoms with van der Waals surface area (Å²) in [7, 11) is 2.04. The van der Waals surface area contributed by atoms with Crippen molar-refractivity contribution in [2.24, 2.45) is 7.05 Å². The number of aromatic nitrogens is 1. The molecule has 0 spiro atoms. The van der Waals surface area contributed by atoms with Gasteiger partial charge in [0.1, 0.15) is 5.82 Å². The lowest BCUT2D eigenvalue weighted by Crippen LogP contribution is -2.24. The van der Waals surface area contributed by atoms with Crippen molar-refractivity contribution in [3.05, 3.63) is 59.2 Å². The SMILES string of the molecule is Cn1cccc1C1CCCN1Cc1cc(C#N)ccc1F. The van der Waals surface area contributed by atoms with Crippen LogP contribution in [0.3, 0.4) is 0 Å². The quantitative estimate of drug-likeness (QED) is 0.865. The Morgan fingerprint density at radius 1 is 1.38 bits per heavy atom. The van der Waals surface area contributed by atoms with Gasteiger partial charge in [0, 0.05) is 31.0 Å². The van der Waals surface area contributed by atoms with E-state index in [1.807, 2.05) is 19.3 Å². The number of aryl methyl sites for hydroxylation is 1. The van der Waals surface area contributed by atoms with Crippen LogP contribution in [0.4, 0.5) is 4.39 Å². The van der Waals surface area contributed by atoms with E-state index in [4.69, 9.17) is 5.26 Å². The molecule has 108 valence electrons. The molecule has 1 unspecified atom stereocenters. The third-order valence-electron chi connectivity index (χ3n) is 4.24. The van der Waals surface area contributed by atoms with Crippen LogP contribution in [-0.2, 0) is 13.6 Å². The molecule has 4 heteroatoms. The zero-order valence-electron chi connectivity index (χ0n) is 12.1. The van der Waals surface area contributed by atoms with Gasteiger partial charge in [-0.15, -0.1) is 0 Å². The molecule has 21 heavy (non-hydrogen) atoms. The minimum absolute atomic E-state index is 0.230. The summed E-state index contributed by atoms with van der Waals surface area (Å²) in [6, 6.07) is 11.2. The first-order valence-corrected chi connectivity index (χ1v) is 7.23. The standard InChI is InChI=1S/C17H18FN3/c1-20-8-2-4-16(20)17-5-3-9-21(17)12-14-10-13(11-19)6-7-15(14)18/h2,4,6-8,10,17H,3,5,9,12H2,1H3. The summed E-state index contributed by atoms with van der Waals surface area (Å²) in [5, 5.41) is 8.96. The molecule has 0 radical (unpaired) electrons. The second-order valence-corrected chi connectivity index (χ2v) is 5.59. The number of likely N-dealkylation sites (tertiary alicyclic amines) is 1. The van der Waals surface area contributed by atoms with Crippen LogP contribution in [0.5, 0.6) is 0 Å². The van der Waals surface area contributed by atoms with Crippen molar-refractivity contribution in [2.75, 3.05) is 6.54 Å². The van der Waals surface area contributed by atoms with Crippen molar-refractivity contribution >= 4 is 0 Å². The highest BCUT2D eigenvalue weighted by Gasteiger charge is 2.28. The fourth-order valence-electron chi connectivity index (χ4n) is 3.16. The predicted molar refractivity (Wildman–Crippen MR) is 78.9 cm³/mol. The number of rotatable bonds is 3. The van der Waals surface area contributed by atoms with Gasteiger partial charge in [0.2, 0.25) is 0 Å². The Balaban J connectivity index is 1.84. The first-order valence-electron chi connectivity index (χ1n) is 7.23. The molecule has 3 rings (SSSR count). The van der Waals surface area contributed by atoms with Crippen molar-refractivity contribution < 1.29 is 4.39 Å². The lowest BCUT2D eigenvalue weighted by atomic mass is 10.1. The van der Waals surface area contributed by atoms with Crippen LogP contribution in [0.1, 0.15) is 35.7 Å². The van der Waals surface area contributed by atoms with Gasteiger partial charge in [-0.2, -0.15) is 5.26 Å². The van der Waals surface area contributed by atoms with E-state index in [1.54, 1.807) is 6.07 Å². The van der Waals surface area contributed by atoms with E-state index >= 15 is 0 Å². The minimum Gasteiger partial charge on any atom is -0.353 e. The van der Waals surface area contributed by atoms with Crippen molar-refractivity contribution in [3.8, 4) is 6.07 Å². The Morgan fingerprint density at radius 3 is 2.95 bits per heavy atom. The van der Waals surface area contributed by atoms with E-state index in [-0.39, 0.29) is 5.82 Å². The smallest absolute Gasteiger partial charge is 0.127 e. The lowest BCUT2D eigenvalue weighted by molar-refractivity contribution is 0.238. The first-order chi connectivity index (χ1) is 10.2. The van der Waals surface area contributed by atoms with Gasteiger partial charge in [0.25, 0.3) is 0 Å². The molecule has 1 aliphatic heterocycles. The van der Waals surface area contributed by atoms with E-state index in [0.717, 1.165) is 19.4 Å². The molecular formula is C17H18FN3. The molecule has 2 heterocycles. The van der Waals surface area contributed by atoms with E-state index in [2.05, 4.69) is 21.6 Å². The van der Waals surface area contributed by atoms with Gasteiger partial charge in [0.05, 0.1) is 17.7 Å². The molecule has 1 aliphatic rings. The fourth-order valence-corrected chi connectivity index (χ4v) is 3.16. The van der Waals surface area contributed by atoms with Gasteiger partial charge in [-0.05, 0) is 49.7 Å². The maximum absolute atomic E-state index is 14.0. The number of halogens is 1. The van der Waals surface area contributed by atoms with E-state index in [1.165, 1.54) is 17.8 Å². The van der Waals surface area contributed by atoms with E-state index in [9.17, 15) is 4.39 Å². The largest absolute Gasteiger partial charge is 0.353 e. The van der Waals surface area contributed by atoms with Crippen LogP contribution in [0, 0.1) is 17.1 Å². The molecule has 0 amide bonds. The molecule has 1 aromatic carbocycles. The normalized spacial score (nSPS) is 18.8. The summed E-state index contributed by atoms with van der Waals surface area (Å²) in [6.45, 7) is 1.52. The highest BCUT2D eigenvalue weighted by molar-refractivity contribution is 5.34. The second-order valence-electron chi connectivity index (χ2n) is 5.59. The van der Waals surface area contributed by atoms with Crippen molar-refractivity contribution in [2.45, 2.75) is 25.4 Å². The summed E-state index contributed by atoms with van der Waals surface area (Å²) in [4.78, 5) is 2.30. The average Bonchev–Trinajstić information content (AvgIpc) is 3.09. The minimum atomic E-state index is -0.230. The van der Waals surface area contributed by atoms with Crippen LogP contribution in [0.25, 0.3) is 0 Å². The van der Waals surface area contributed by atoms with Crippen molar-refractivity contribution in [1.82, 2.24) is 9.47 Å². The van der Waals surface area contributed by atoms with Gasteiger partial charge in [-0.25, -0.2) is 4.39 Å². The molecule has 0 aliphatic carbocycles. The number of benzene rings is 1. The molecule has 1 fully saturated rings. The Morgan fingerprint density at radius 2 is 2.24 bits per heavy atom. The Labute approximate surface area is 124 Å². The first kappa shape index (κ1) is 13.8. The van der Waals surface area contributed by atoms with Crippen LogP contribution in [-0.4, -0.2) is 16.0 Å². The number of hydrogen-bond donors (Lipinski definition) is 0. The highest BCUT2D eigenvalue weighted by atomic mass is 19.1. The molecule has 2 aromatic rings. The summed E-state index contributed by atoms with van der Waals surface area (Å²) >= 11 is 0. The zero-order chi connectivity index (χ0) is 14.8. The fraction of sp³-hybridized carbons (Fsp3) is 0.353. The van der Waals surface area contributed by atoms with Crippen LogP contribution >= 0.6 is 0 Å². The molecule has 1 atom stereocenters. The number of hydrogen-bond acceptors (Lipinski definition) is 2. The Bertz CT molecular complexity index is 684. The summed E-state index contributed by atoms with van der Waals surface area (Å²) in [5.74, 6) is -0.230. The van der Waals surface area contributed by atoms with Gasteiger partial charge in [-0.3, -0.25) is 4.90 Å². The van der Waals surface area contributed by atoms with E-state index < -0.39 is 0 Å². The third kappa shape index (κ3) is 2.70. The van der Waals surface area contributed by atoms with Gasteiger partial charge in [-0.1, -0.05) is 0 Å². The molecule has 3 nitrogen and oxygen atoms in total. The number of nitrogens with zero attached hydrogens (tertiary/aromatic N) is 3. The van der Waals surface area contributed by atoms with Crippen molar-refractivity contribution in [1.29, 1.82) is 5.26 Å². The summed E-state index contributed by atoms with van der Waals surface area (Å²) in [5.41, 5.74) is 2.39. The maximum atomic E-state index is 14.0. The summed E-state index contributed by atoms with van der Waals surface area (Å²) in [6.07, 6.45) is 4.26. The molecule has 0 saturated carbocycles. The highest BCUT2D eigenvalue weighted by Crippen LogP contribution is 2.33. The van der Waals surface area contributed by atoms with Crippen LogP contribution in [0.2, 0.25) is 0 Å². The molecule has 0 N–H and O–H groups in total. The predicted octanol–water partition coefficient (Wildman–Crippen LogP) is 3.37. The van der Waals surface area contributed by atoms with Gasteiger partial charge < -0.3 is 4.57 Å². The third-order valence-corrected chi connectivity index (χ3v) is 4.24. The van der Waals surface area contributed by atoms with Crippen molar-refractivity contribution in [3.63, 3.8) is 0 Å². The van der Waals surface area contributed by atoms with Gasteiger partial charge >= 0.3 is 0 Å². The van der Waals surface area contributed by atoms with E-state index in [0.29, 0.717) is 23.7 Å². The number of nitriles is 1. The Hall–Kier alpha value is -2.12. The summed E-state index contributed by atoms with van der Waals surface area (Å²) < 4.78 is 16.1. The van der Waals surface area contributed by atoms with Gasteiger partial charge in [0.15, 0.2) is 0 Å². The zero-order valence-corrected chi connectivity index (χ0v) is 12.1. The van der Waals surface area contributed by atoms with Crippen LogP contribution < -0.4 is 0 Å². The molecule has 1 saturated heterocycles. The molecule has 0 bridgehead atoms. The second kappa shape index (κ2) is 5.71. The topological polar surface area (TPSA) is 32.0 Å². The maximum Gasteiger partial charge on any atom is 0.127 e. The lowest BCUT2D eigenvalue weighted by Gasteiger charge is -2.25. The molecule has 1 aromatic heterocycles.